The molecule has 0 saturated heterocycles. The van der Waals surface area contributed by atoms with Gasteiger partial charge in [0.2, 0.25) is 10.0 Å². The molecule has 1 aromatic carbocycles. The van der Waals surface area contributed by atoms with Gasteiger partial charge in [0.25, 0.3) is 11.7 Å². The molecule has 6 nitrogen and oxygen atoms in total. The molecule has 0 spiro atoms. The highest BCUT2D eigenvalue weighted by molar-refractivity contribution is 7.89. The number of ketones is 1. The number of rotatable bonds is 4. The van der Waals surface area contributed by atoms with E-state index in [4.69, 9.17) is 0 Å². The number of nitrogens with one attached hydrogen (secondary N) is 2. The van der Waals surface area contributed by atoms with E-state index >= 15 is 0 Å². The number of hydrogen-bond donors (Lipinski definition) is 2. The van der Waals surface area contributed by atoms with Crippen LogP contribution in [0.4, 0.5) is 5.69 Å². The predicted molar refractivity (Wildman–Crippen MR) is 77.7 cm³/mol. The molecule has 0 atom stereocenters. The number of thiophene rings is 1. The number of Topliss-reactive ketones (excluding diaryl/α,β-unsaturated/α-hetero) is 1. The summed E-state index contributed by atoms with van der Waals surface area (Å²) < 4.78 is 26.8. The van der Waals surface area contributed by atoms with Crippen molar-refractivity contribution in [2.24, 2.45) is 0 Å². The number of amides is 1. The maximum atomic E-state index is 12.2. The van der Waals surface area contributed by atoms with Crippen LogP contribution in [0.2, 0.25) is 0 Å². The van der Waals surface area contributed by atoms with Crippen LogP contribution < -0.4 is 10.0 Å². The molecule has 2 N–H and O–H groups in total. The van der Waals surface area contributed by atoms with Gasteiger partial charge in [-0.3, -0.25) is 9.59 Å². The normalized spacial score (nSPS) is 14.1. The molecule has 0 saturated carbocycles. The summed E-state index contributed by atoms with van der Waals surface area (Å²) in [5.74, 6) is -1.47. The van der Waals surface area contributed by atoms with E-state index in [1.54, 1.807) is 0 Å². The lowest BCUT2D eigenvalue weighted by atomic mass is 10.1. The molecule has 1 amide bonds. The van der Waals surface area contributed by atoms with Crippen LogP contribution in [0.5, 0.6) is 0 Å². The predicted octanol–water partition coefficient (Wildman–Crippen LogP) is 1.36. The average Bonchev–Trinajstić information content (AvgIpc) is 3.06. The molecule has 0 radical (unpaired) electrons. The van der Waals surface area contributed by atoms with E-state index in [-0.39, 0.29) is 17.0 Å². The van der Waals surface area contributed by atoms with E-state index in [9.17, 15) is 18.0 Å². The fraction of sp³-hybridized carbons (Fsp3) is 0.0769. The van der Waals surface area contributed by atoms with E-state index in [0.717, 1.165) is 4.88 Å². The first-order valence-electron chi connectivity index (χ1n) is 5.99. The average molecular weight is 322 g/mol. The summed E-state index contributed by atoms with van der Waals surface area (Å²) >= 11 is 1.44. The molecule has 0 aliphatic carbocycles. The zero-order valence-electron chi connectivity index (χ0n) is 10.6. The SMILES string of the molecule is O=C1Nc2ccc(S(=O)(=O)NCc3cccs3)cc2C1=O. The molecule has 3 rings (SSSR count). The van der Waals surface area contributed by atoms with E-state index in [0.29, 0.717) is 5.69 Å². The van der Waals surface area contributed by atoms with Gasteiger partial charge in [0, 0.05) is 11.4 Å². The second kappa shape index (κ2) is 5.06. The molecule has 8 heteroatoms. The molecule has 0 fully saturated rings. The number of fused-ring (bicyclic) bond motifs is 1. The Labute approximate surface area is 124 Å². The van der Waals surface area contributed by atoms with Gasteiger partial charge in [-0.15, -0.1) is 11.3 Å². The van der Waals surface area contributed by atoms with Crippen molar-refractivity contribution >= 4 is 38.7 Å². The van der Waals surface area contributed by atoms with Crippen LogP contribution in [0.25, 0.3) is 0 Å². The number of hydrogen-bond acceptors (Lipinski definition) is 5. The summed E-state index contributed by atoms with van der Waals surface area (Å²) in [6.07, 6.45) is 0. The fourth-order valence-electron chi connectivity index (χ4n) is 1.95. The van der Waals surface area contributed by atoms with Crippen molar-refractivity contribution < 1.29 is 18.0 Å². The van der Waals surface area contributed by atoms with E-state index in [1.165, 1.54) is 29.5 Å². The largest absolute Gasteiger partial charge is 0.318 e. The summed E-state index contributed by atoms with van der Waals surface area (Å²) in [6.45, 7) is 0.183. The van der Waals surface area contributed by atoms with E-state index in [2.05, 4.69) is 10.0 Å². The van der Waals surface area contributed by atoms with Crippen LogP contribution in [0.15, 0.2) is 40.6 Å². The zero-order valence-corrected chi connectivity index (χ0v) is 12.3. The third kappa shape index (κ3) is 2.60. The molecular weight excluding hydrogens is 312 g/mol. The highest BCUT2D eigenvalue weighted by Crippen LogP contribution is 2.25. The smallest absolute Gasteiger partial charge is 0.296 e. The molecule has 0 bridgehead atoms. The van der Waals surface area contributed by atoms with Crippen LogP contribution in [-0.2, 0) is 21.4 Å². The monoisotopic (exact) mass is 322 g/mol. The zero-order chi connectivity index (χ0) is 15.0. The summed E-state index contributed by atoms with van der Waals surface area (Å²) in [6, 6.07) is 7.64. The minimum atomic E-state index is -3.73. The van der Waals surface area contributed by atoms with Crippen LogP contribution >= 0.6 is 11.3 Å². The van der Waals surface area contributed by atoms with Crippen molar-refractivity contribution in [3.8, 4) is 0 Å². The maximum Gasteiger partial charge on any atom is 0.296 e. The van der Waals surface area contributed by atoms with Crippen LogP contribution in [-0.4, -0.2) is 20.1 Å². The third-order valence-corrected chi connectivity index (χ3v) is 5.29. The molecule has 1 aromatic heterocycles. The van der Waals surface area contributed by atoms with Crippen LogP contribution in [0.1, 0.15) is 15.2 Å². The van der Waals surface area contributed by atoms with Crippen molar-refractivity contribution in [3.63, 3.8) is 0 Å². The first-order chi connectivity index (χ1) is 9.97. The van der Waals surface area contributed by atoms with Crippen molar-refractivity contribution in [1.82, 2.24) is 4.72 Å². The van der Waals surface area contributed by atoms with E-state index < -0.39 is 21.7 Å². The lowest BCUT2D eigenvalue weighted by Gasteiger charge is -2.06. The fourth-order valence-corrected chi connectivity index (χ4v) is 3.72. The second-order valence-electron chi connectivity index (χ2n) is 4.39. The summed E-state index contributed by atoms with van der Waals surface area (Å²) in [5, 5.41) is 4.23. The van der Waals surface area contributed by atoms with Gasteiger partial charge in [0.15, 0.2) is 0 Å². The molecule has 108 valence electrons. The van der Waals surface area contributed by atoms with Gasteiger partial charge >= 0.3 is 0 Å². The van der Waals surface area contributed by atoms with Gasteiger partial charge < -0.3 is 5.32 Å². The number of anilines is 1. The molecule has 1 aliphatic rings. The summed E-state index contributed by atoms with van der Waals surface area (Å²) in [5.41, 5.74) is 0.418. The number of carbonyl (C=O) groups is 2. The Morgan fingerprint density at radius 3 is 2.71 bits per heavy atom. The molecule has 21 heavy (non-hydrogen) atoms. The van der Waals surface area contributed by atoms with Crippen LogP contribution in [0.3, 0.4) is 0 Å². The lowest BCUT2D eigenvalue weighted by Crippen LogP contribution is -2.23. The molecular formula is C13H10N2O4S2. The van der Waals surface area contributed by atoms with Crippen LogP contribution in [0, 0.1) is 0 Å². The minimum absolute atomic E-state index is 0.0392. The highest BCUT2D eigenvalue weighted by atomic mass is 32.2. The van der Waals surface area contributed by atoms with Gasteiger partial charge in [0.1, 0.15) is 0 Å². The Morgan fingerprint density at radius 2 is 2.00 bits per heavy atom. The molecule has 1 aliphatic heterocycles. The van der Waals surface area contributed by atoms with E-state index in [1.807, 2.05) is 17.5 Å². The first kappa shape index (κ1) is 13.9. The van der Waals surface area contributed by atoms with Crippen molar-refractivity contribution in [3.05, 3.63) is 46.2 Å². The van der Waals surface area contributed by atoms with Gasteiger partial charge in [-0.1, -0.05) is 6.07 Å². The third-order valence-electron chi connectivity index (χ3n) is 3.02. The number of sulfonamides is 1. The summed E-state index contributed by atoms with van der Waals surface area (Å²) in [7, 11) is -3.73. The Bertz CT molecular complexity index is 826. The minimum Gasteiger partial charge on any atom is -0.318 e. The number of benzene rings is 1. The topological polar surface area (TPSA) is 92.3 Å². The van der Waals surface area contributed by atoms with Crippen molar-refractivity contribution in [1.29, 1.82) is 0 Å². The maximum absolute atomic E-state index is 12.2. The van der Waals surface area contributed by atoms with Crippen molar-refractivity contribution in [2.45, 2.75) is 11.4 Å². The van der Waals surface area contributed by atoms with Gasteiger partial charge in [0.05, 0.1) is 16.1 Å². The summed E-state index contributed by atoms with van der Waals surface area (Å²) in [4.78, 5) is 23.7. The quantitative estimate of drug-likeness (QED) is 0.831. The van der Waals surface area contributed by atoms with Gasteiger partial charge in [-0.05, 0) is 29.6 Å². The Balaban J connectivity index is 1.87. The standard InChI is InChI=1S/C13H10N2O4S2/c16-12-10-6-9(3-4-11(10)15-13(12)17)21(18,19)14-7-8-2-1-5-20-8/h1-6,14H,7H2,(H,15,16,17). The second-order valence-corrected chi connectivity index (χ2v) is 7.19. The highest BCUT2D eigenvalue weighted by Gasteiger charge is 2.29. The Hall–Kier alpha value is -2.03. The van der Waals surface area contributed by atoms with Gasteiger partial charge in [-0.2, -0.15) is 0 Å². The first-order valence-corrected chi connectivity index (χ1v) is 8.35. The number of carbonyl (C=O) groups excluding carboxylic acids is 2. The molecule has 2 heterocycles. The lowest BCUT2D eigenvalue weighted by molar-refractivity contribution is -0.112. The Morgan fingerprint density at radius 1 is 1.19 bits per heavy atom. The van der Waals surface area contributed by atoms with Crippen molar-refractivity contribution in [2.75, 3.05) is 5.32 Å². The Kier molecular flexibility index (Phi) is 3.36. The molecule has 0 unspecified atom stereocenters. The molecule has 2 aromatic rings. The van der Waals surface area contributed by atoms with Gasteiger partial charge in [-0.25, -0.2) is 13.1 Å².